The number of ether oxygens (including phenoxy) is 2. The van der Waals surface area contributed by atoms with Gasteiger partial charge in [0.25, 0.3) is 0 Å². The fourth-order valence-electron chi connectivity index (χ4n) is 3.09. The summed E-state index contributed by atoms with van der Waals surface area (Å²) in [6, 6.07) is 3.78. The minimum Gasteiger partial charge on any atom is -0.485 e. The van der Waals surface area contributed by atoms with Crippen LogP contribution in [0.3, 0.4) is 0 Å². The summed E-state index contributed by atoms with van der Waals surface area (Å²) >= 11 is 0. The van der Waals surface area contributed by atoms with Crippen LogP contribution in [-0.4, -0.2) is 69.0 Å². The quantitative estimate of drug-likeness (QED) is 0.880. The van der Waals surface area contributed by atoms with E-state index in [0.29, 0.717) is 19.0 Å². The van der Waals surface area contributed by atoms with Crippen molar-refractivity contribution in [2.24, 2.45) is 5.92 Å². The molecule has 0 saturated carbocycles. The first-order valence-corrected chi connectivity index (χ1v) is 8.53. The standard InChI is InChI=1S/C17H26N4O3/c1-20(2)16-15(4-3-7-18-16)24-14-5-8-21(11-14)17(22)19-10-13-6-9-23-12-13/h3-4,7,13-14H,5-6,8-12H2,1-2H3,(H,19,22). The zero-order valence-corrected chi connectivity index (χ0v) is 14.4. The second kappa shape index (κ2) is 7.70. The number of carbonyl (C=O) groups is 1. The van der Waals surface area contributed by atoms with E-state index in [2.05, 4.69) is 10.3 Å². The highest BCUT2D eigenvalue weighted by atomic mass is 16.5. The SMILES string of the molecule is CN(C)c1ncccc1OC1CCN(C(=O)NCC2CCOC2)C1. The summed E-state index contributed by atoms with van der Waals surface area (Å²) in [6.45, 7) is 3.57. The molecular weight excluding hydrogens is 308 g/mol. The van der Waals surface area contributed by atoms with Crippen LogP contribution in [0.15, 0.2) is 18.3 Å². The van der Waals surface area contributed by atoms with Crippen molar-refractivity contribution in [3.05, 3.63) is 18.3 Å². The smallest absolute Gasteiger partial charge is 0.317 e. The van der Waals surface area contributed by atoms with E-state index in [-0.39, 0.29) is 12.1 Å². The molecule has 0 bridgehead atoms. The number of hydrogen-bond donors (Lipinski definition) is 1. The third-order valence-electron chi connectivity index (χ3n) is 4.47. The van der Waals surface area contributed by atoms with E-state index in [1.807, 2.05) is 36.0 Å². The van der Waals surface area contributed by atoms with Gasteiger partial charge in [-0.25, -0.2) is 9.78 Å². The van der Waals surface area contributed by atoms with Crippen molar-refractivity contribution in [1.29, 1.82) is 0 Å². The number of aromatic nitrogens is 1. The molecule has 2 aliphatic heterocycles. The Bertz CT molecular complexity index is 561. The van der Waals surface area contributed by atoms with Gasteiger partial charge in [0.05, 0.1) is 13.2 Å². The Labute approximate surface area is 142 Å². The highest BCUT2D eigenvalue weighted by Crippen LogP contribution is 2.26. The Hall–Kier alpha value is -2.02. The molecule has 24 heavy (non-hydrogen) atoms. The molecule has 7 heteroatoms. The van der Waals surface area contributed by atoms with E-state index in [1.54, 1.807) is 6.20 Å². The van der Waals surface area contributed by atoms with Gasteiger partial charge in [-0.05, 0) is 18.6 Å². The summed E-state index contributed by atoms with van der Waals surface area (Å²) in [4.78, 5) is 20.4. The van der Waals surface area contributed by atoms with Crippen LogP contribution in [0.25, 0.3) is 0 Å². The van der Waals surface area contributed by atoms with Gasteiger partial charge in [0.2, 0.25) is 0 Å². The second-order valence-electron chi connectivity index (χ2n) is 6.61. The number of rotatable bonds is 5. The van der Waals surface area contributed by atoms with Crippen LogP contribution in [0.2, 0.25) is 0 Å². The highest BCUT2D eigenvalue weighted by molar-refractivity contribution is 5.74. The Morgan fingerprint density at radius 1 is 1.50 bits per heavy atom. The number of hydrogen-bond acceptors (Lipinski definition) is 5. The number of nitrogens with one attached hydrogen (secondary N) is 1. The lowest BCUT2D eigenvalue weighted by Crippen LogP contribution is -2.41. The molecule has 3 rings (SSSR count). The molecule has 2 unspecified atom stereocenters. The summed E-state index contributed by atoms with van der Waals surface area (Å²) < 4.78 is 11.4. The van der Waals surface area contributed by atoms with Gasteiger partial charge < -0.3 is 24.6 Å². The molecule has 2 fully saturated rings. The van der Waals surface area contributed by atoms with Gasteiger partial charge >= 0.3 is 6.03 Å². The van der Waals surface area contributed by atoms with Crippen LogP contribution in [0.5, 0.6) is 5.75 Å². The van der Waals surface area contributed by atoms with Gasteiger partial charge in [-0.3, -0.25) is 0 Å². The maximum absolute atomic E-state index is 12.3. The molecule has 0 spiro atoms. The number of pyridine rings is 1. The van der Waals surface area contributed by atoms with Gasteiger partial charge in [0.1, 0.15) is 6.10 Å². The topological polar surface area (TPSA) is 66.9 Å². The Balaban J connectivity index is 1.49. The third kappa shape index (κ3) is 4.08. The first kappa shape index (κ1) is 16.8. The number of carbonyl (C=O) groups excluding carboxylic acids is 1. The van der Waals surface area contributed by atoms with Crippen molar-refractivity contribution in [3.8, 4) is 5.75 Å². The highest BCUT2D eigenvalue weighted by Gasteiger charge is 2.29. The van der Waals surface area contributed by atoms with Gasteiger partial charge in [-0.2, -0.15) is 0 Å². The maximum Gasteiger partial charge on any atom is 0.317 e. The Kier molecular flexibility index (Phi) is 5.40. The molecule has 2 saturated heterocycles. The third-order valence-corrected chi connectivity index (χ3v) is 4.47. The van der Waals surface area contributed by atoms with Crippen molar-refractivity contribution in [2.75, 3.05) is 51.8 Å². The summed E-state index contributed by atoms with van der Waals surface area (Å²) in [6.07, 6.45) is 3.62. The van der Waals surface area contributed by atoms with E-state index in [4.69, 9.17) is 9.47 Å². The minimum atomic E-state index is -0.00739. The monoisotopic (exact) mass is 334 g/mol. The number of nitrogens with zero attached hydrogens (tertiary/aromatic N) is 3. The molecule has 1 aromatic heterocycles. The predicted molar refractivity (Wildman–Crippen MR) is 91.5 cm³/mol. The van der Waals surface area contributed by atoms with Gasteiger partial charge in [-0.1, -0.05) is 0 Å². The lowest BCUT2D eigenvalue weighted by atomic mass is 10.1. The van der Waals surface area contributed by atoms with Crippen molar-refractivity contribution >= 4 is 11.8 Å². The minimum absolute atomic E-state index is 0.00739. The van der Waals surface area contributed by atoms with Crippen molar-refractivity contribution in [1.82, 2.24) is 15.2 Å². The van der Waals surface area contributed by atoms with E-state index in [0.717, 1.165) is 44.2 Å². The lowest BCUT2D eigenvalue weighted by molar-refractivity contribution is 0.178. The van der Waals surface area contributed by atoms with Crippen LogP contribution in [0, 0.1) is 5.92 Å². The average Bonchev–Trinajstić information content (AvgIpc) is 3.24. The molecule has 132 valence electrons. The van der Waals surface area contributed by atoms with Crippen LogP contribution in [-0.2, 0) is 4.74 Å². The van der Waals surface area contributed by atoms with E-state index in [1.165, 1.54) is 0 Å². The summed E-state index contributed by atoms with van der Waals surface area (Å²) in [5, 5.41) is 3.01. The Morgan fingerprint density at radius 2 is 2.38 bits per heavy atom. The molecule has 7 nitrogen and oxygen atoms in total. The molecule has 2 atom stereocenters. The number of anilines is 1. The van der Waals surface area contributed by atoms with Crippen LogP contribution in [0.4, 0.5) is 10.6 Å². The molecule has 0 radical (unpaired) electrons. The van der Waals surface area contributed by atoms with Gasteiger partial charge in [0.15, 0.2) is 11.6 Å². The molecule has 1 N–H and O–H groups in total. The predicted octanol–water partition coefficient (Wildman–Crippen LogP) is 1.35. The van der Waals surface area contributed by atoms with Crippen molar-refractivity contribution < 1.29 is 14.3 Å². The van der Waals surface area contributed by atoms with E-state index < -0.39 is 0 Å². The fourth-order valence-corrected chi connectivity index (χ4v) is 3.09. The van der Waals surface area contributed by atoms with E-state index >= 15 is 0 Å². The summed E-state index contributed by atoms with van der Waals surface area (Å²) in [5.74, 6) is 2.01. The van der Waals surface area contributed by atoms with Crippen LogP contribution >= 0.6 is 0 Å². The van der Waals surface area contributed by atoms with Crippen LogP contribution < -0.4 is 15.0 Å². The molecule has 0 aromatic carbocycles. The maximum atomic E-state index is 12.3. The number of likely N-dealkylation sites (tertiary alicyclic amines) is 1. The number of urea groups is 1. The average molecular weight is 334 g/mol. The molecule has 0 aliphatic carbocycles. The zero-order chi connectivity index (χ0) is 16.9. The Morgan fingerprint density at radius 3 is 3.12 bits per heavy atom. The summed E-state index contributed by atoms with van der Waals surface area (Å²) in [7, 11) is 3.88. The van der Waals surface area contributed by atoms with Crippen molar-refractivity contribution in [2.45, 2.75) is 18.9 Å². The second-order valence-corrected chi connectivity index (χ2v) is 6.61. The zero-order valence-electron chi connectivity index (χ0n) is 14.4. The first-order valence-electron chi connectivity index (χ1n) is 8.53. The number of amides is 2. The van der Waals surface area contributed by atoms with Crippen molar-refractivity contribution in [3.63, 3.8) is 0 Å². The lowest BCUT2D eigenvalue weighted by Gasteiger charge is -2.21. The molecule has 2 aliphatic rings. The molecule has 1 aromatic rings. The van der Waals surface area contributed by atoms with Crippen LogP contribution in [0.1, 0.15) is 12.8 Å². The molecule has 2 amide bonds. The van der Waals surface area contributed by atoms with E-state index in [9.17, 15) is 4.79 Å². The van der Waals surface area contributed by atoms with Gasteiger partial charge in [0, 0.05) is 52.3 Å². The normalized spacial score (nSPS) is 23.3. The largest absolute Gasteiger partial charge is 0.485 e. The fraction of sp³-hybridized carbons (Fsp3) is 0.647. The van der Waals surface area contributed by atoms with Gasteiger partial charge in [-0.15, -0.1) is 0 Å². The molecular formula is C17H26N4O3. The first-order chi connectivity index (χ1) is 11.6. The molecule has 3 heterocycles. The summed E-state index contributed by atoms with van der Waals surface area (Å²) in [5.41, 5.74) is 0.